The summed E-state index contributed by atoms with van der Waals surface area (Å²) in [5, 5.41) is 13.7. The molecule has 0 radical (unpaired) electrons. The number of carbonyl (C=O) groups excluding carboxylic acids is 1. The highest BCUT2D eigenvalue weighted by Gasteiger charge is 2.42. The van der Waals surface area contributed by atoms with Crippen LogP contribution in [0.25, 0.3) is 0 Å². The second-order valence-electron chi connectivity index (χ2n) is 6.71. The third-order valence-corrected chi connectivity index (χ3v) is 5.25. The number of halogens is 2. The Labute approximate surface area is 154 Å². The van der Waals surface area contributed by atoms with Crippen LogP contribution in [0.4, 0.5) is 8.78 Å². The lowest BCUT2D eigenvalue weighted by Gasteiger charge is -2.40. The molecule has 140 valence electrons. The number of thiazole rings is 1. The summed E-state index contributed by atoms with van der Waals surface area (Å²) < 4.78 is 26.5. The lowest BCUT2D eigenvalue weighted by atomic mass is 9.91. The van der Waals surface area contributed by atoms with Crippen LogP contribution in [0.5, 0.6) is 0 Å². The molecule has 1 aliphatic heterocycles. The maximum Gasteiger partial charge on any atom is 0.256 e. The van der Waals surface area contributed by atoms with Crippen molar-refractivity contribution in [1.29, 1.82) is 0 Å². The first kappa shape index (κ1) is 18.9. The molecule has 1 unspecified atom stereocenters. The molecule has 1 amide bonds. The molecule has 2 aromatic rings. The summed E-state index contributed by atoms with van der Waals surface area (Å²) in [6, 6.07) is 3.59. The Morgan fingerprint density at radius 1 is 1.38 bits per heavy atom. The van der Waals surface area contributed by atoms with Crippen molar-refractivity contribution in [3.63, 3.8) is 0 Å². The van der Waals surface area contributed by atoms with Crippen LogP contribution in [-0.2, 0) is 17.9 Å². The number of carbonyl (C=O) groups is 1. The molecule has 1 aromatic carbocycles. The van der Waals surface area contributed by atoms with Crippen LogP contribution in [0.15, 0.2) is 29.8 Å². The number of nitrogens with zero attached hydrogens (tertiary/aromatic N) is 3. The Kier molecular flexibility index (Phi) is 5.64. The number of aliphatic hydroxyl groups is 1. The third kappa shape index (κ3) is 4.25. The van der Waals surface area contributed by atoms with E-state index in [1.54, 1.807) is 6.20 Å². The van der Waals surface area contributed by atoms with Gasteiger partial charge in [-0.05, 0) is 37.6 Å². The standard InChI is InChI=1S/C18H21F2N3O2S/c1-22(11-16-21-6-8-26-16)12-18(25)5-2-7-23(17(18)24)10-13-3-4-14(19)15(20)9-13/h3-4,6,8-9,25H,2,5,7,10-12H2,1H3. The fraction of sp³-hybridized carbons (Fsp3) is 0.444. The van der Waals surface area contributed by atoms with Crippen LogP contribution < -0.4 is 0 Å². The highest BCUT2D eigenvalue weighted by Crippen LogP contribution is 2.26. The van der Waals surface area contributed by atoms with Gasteiger partial charge in [-0.1, -0.05) is 6.07 Å². The molecule has 3 rings (SSSR count). The Hall–Kier alpha value is -1.90. The first-order valence-electron chi connectivity index (χ1n) is 8.40. The average Bonchev–Trinajstić information content (AvgIpc) is 3.08. The number of hydrogen-bond acceptors (Lipinski definition) is 5. The van der Waals surface area contributed by atoms with Gasteiger partial charge in [0.25, 0.3) is 5.91 Å². The van der Waals surface area contributed by atoms with Crippen molar-refractivity contribution < 1.29 is 18.7 Å². The molecule has 1 atom stereocenters. The summed E-state index contributed by atoms with van der Waals surface area (Å²) in [5.74, 6) is -2.23. The van der Waals surface area contributed by atoms with Crippen LogP contribution in [0.2, 0.25) is 0 Å². The molecule has 1 saturated heterocycles. The van der Waals surface area contributed by atoms with Crippen LogP contribution in [0, 0.1) is 11.6 Å². The smallest absolute Gasteiger partial charge is 0.256 e. The zero-order chi connectivity index (χ0) is 18.7. The highest BCUT2D eigenvalue weighted by molar-refractivity contribution is 7.09. The molecule has 0 bridgehead atoms. The van der Waals surface area contributed by atoms with E-state index in [4.69, 9.17) is 0 Å². The monoisotopic (exact) mass is 381 g/mol. The molecule has 26 heavy (non-hydrogen) atoms. The lowest BCUT2D eigenvalue weighted by molar-refractivity contribution is -0.160. The van der Waals surface area contributed by atoms with E-state index in [2.05, 4.69) is 4.98 Å². The minimum atomic E-state index is -1.48. The van der Waals surface area contributed by atoms with Crippen LogP contribution in [0.1, 0.15) is 23.4 Å². The molecular weight excluding hydrogens is 360 g/mol. The molecule has 1 aliphatic rings. The summed E-state index contributed by atoms with van der Waals surface area (Å²) in [6.45, 7) is 1.38. The SMILES string of the molecule is CN(Cc1nccs1)CC1(O)CCCN(Cc2ccc(F)c(F)c2)C1=O. The summed E-state index contributed by atoms with van der Waals surface area (Å²) in [6.07, 6.45) is 2.75. The number of rotatable bonds is 6. The zero-order valence-electron chi connectivity index (χ0n) is 14.5. The minimum Gasteiger partial charge on any atom is -0.379 e. The quantitative estimate of drug-likeness (QED) is 0.835. The van der Waals surface area contributed by atoms with Gasteiger partial charge in [-0.2, -0.15) is 0 Å². The van der Waals surface area contributed by atoms with Gasteiger partial charge in [0.05, 0.1) is 6.54 Å². The fourth-order valence-electron chi connectivity index (χ4n) is 3.29. The topological polar surface area (TPSA) is 56.7 Å². The number of piperidine rings is 1. The van der Waals surface area contributed by atoms with Crippen molar-refractivity contribution in [1.82, 2.24) is 14.8 Å². The molecule has 5 nitrogen and oxygen atoms in total. The van der Waals surface area contributed by atoms with Gasteiger partial charge in [0.15, 0.2) is 17.2 Å². The summed E-state index contributed by atoms with van der Waals surface area (Å²) in [4.78, 5) is 20.4. The lowest BCUT2D eigenvalue weighted by Crippen LogP contribution is -2.57. The van der Waals surface area contributed by atoms with Gasteiger partial charge < -0.3 is 10.0 Å². The van der Waals surface area contributed by atoms with Gasteiger partial charge in [0.1, 0.15) is 5.01 Å². The molecule has 0 saturated carbocycles. The molecule has 0 spiro atoms. The van der Waals surface area contributed by atoms with Crippen molar-refractivity contribution in [3.05, 3.63) is 52.0 Å². The fourth-order valence-corrected chi connectivity index (χ4v) is 3.98. The highest BCUT2D eigenvalue weighted by atomic mass is 32.1. The molecule has 8 heteroatoms. The number of likely N-dealkylation sites (tertiary alicyclic amines) is 1. The predicted molar refractivity (Wildman–Crippen MR) is 94.4 cm³/mol. The molecule has 0 aliphatic carbocycles. The number of hydrogen-bond donors (Lipinski definition) is 1. The Morgan fingerprint density at radius 3 is 2.88 bits per heavy atom. The van der Waals surface area contributed by atoms with E-state index in [0.717, 1.165) is 17.1 Å². The number of aromatic nitrogens is 1. The maximum atomic E-state index is 13.4. The van der Waals surface area contributed by atoms with Crippen molar-refractivity contribution in [2.24, 2.45) is 0 Å². The van der Waals surface area contributed by atoms with Gasteiger partial charge in [0, 0.05) is 31.2 Å². The summed E-state index contributed by atoms with van der Waals surface area (Å²) in [7, 11) is 1.83. The van der Waals surface area contributed by atoms with Gasteiger partial charge in [-0.3, -0.25) is 9.69 Å². The second kappa shape index (κ2) is 7.77. The van der Waals surface area contributed by atoms with Gasteiger partial charge in [0.2, 0.25) is 0 Å². The van der Waals surface area contributed by atoms with Crippen molar-refractivity contribution >= 4 is 17.2 Å². The number of likely N-dealkylation sites (N-methyl/N-ethyl adjacent to an activating group) is 1. The molecular formula is C18H21F2N3O2S. The number of amides is 1. The van der Waals surface area contributed by atoms with E-state index in [1.165, 1.54) is 22.3 Å². The van der Waals surface area contributed by atoms with E-state index in [0.29, 0.717) is 31.5 Å². The first-order valence-corrected chi connectivity index (χ1v) is 9.28. The van der Waals surface area contributed by atoms with E-state index in [1.807, 2.05) is 17.3 Å². The molecule has 2 heterocycles. The Bertz CT molecular complexity index is 772. The van der Waals surface area contributed by atoms with Gasteiger partial charge in [-0.15, -0.1) is 11.3 Å². The van der Waals surface area contributed by atoms with Gasteiger partial charge >= 0.3 is 0 Å². The van der Waals surface area contributed by atoms with Crippen molar-refractivity contribution in [3.8, 4) is 0 Å². The van der Waals surface area contributed by atoms with Crippen molar-refractivity contribution in [2.75, 3.05) is 20.1 Å². The predicted octanol–water partition coefficient (Wildman–Crippen LogP) is 2.41. The number of benzene rings is 1. The Morgan fingerprint density at radius 2 is 2.19 bits per heavy atom. The summed E-state index contributed by atoms with van der Waals surface area (Å²) >= 11 is 1.52. The first-order chi connectivity index (χ1) is 12.4. The van der Waals surface area contributed by atoms with Crippen LogP contribution in [-0.4, -0.2) is 51.5 Å². The average molecular weight is 381 g/mol. The van der Waals surface area contributed by atoms with Crippen LogP contribution in [0.3, 0.4) is 0 Å². The minimum absolute atomic E-state index is 0.147. The Balaban J connectivity index is 1.66. The van der Waals surface area contributed by atoms with E-state index >= 15 is 0 Å². The maximum absolute atomic E-state index is 13.4. The zero-order valence-corrected chi connectivity index (χ0v) is 15.3. The normalized spacial score (nSPS) is 20.8. The molecule has 1 N–H and O–H groups in total. The van der Waals surface area contributed by atoms with E-state index < -0.39 is 17.2 Å². The molecule has 1 aromatic heterocycles. The van der Waals surface area contributed by atoms with Crippen molar-refractivity contribution in [2.45, 2.75) is 31.5 Å². The summed E-state index contributed by atoms with van der Waals surface area (Å²) in [5.41, 5.74) is -0.985. The van der Waals surface area contributed by atoms with E-state index in [9.17, 15) is 18.7 Å². The third-order valence-electron chi connectivity index (χ3n) is 4.48. The second-order valence-corrected chi connectivity index (χ2v) is 7.69. The van der Waals surface area contributed by atoms with E-state index in [-0.39, 0.29) is 19.0 Å². The largest absolute Gasteiger partial charge is 0.379 e. The molecule has 1 fully saturated rings. The van der Waals surface area contributed by atoms with Gasteiger partial charge in [-0.25, -0.2) is 13.8 Å². The van der Waals surface area contributed by atoms with Crippen LogP contribution >= 0.6 is 11.3 Å².